The van der Waals surface area contributed by atoms with Gasteiger partial charge in [0.15, 0.2) is 5.75 Å². The van der Waals surface area contributed by atoms with E-state index in [-0.39, 0.29) is 21.4 Å². The molecule has 0 heterocycles. The van der Waals surface area contributed by atoms with Crippen LogP contribution in [-0.4, -0.2) is 15.5 Å². The zero-order valence-corrected chi connectivity index (χ0v) is 14.3. The molecule has 0 aromatic heterocycles. The number of hydrogen-bond donors (Lipinski definition) is 0. The fraction of sp³-hybridized carbons (Fsp3) is 0.200. The van der Waals surface area contributed by atoms with Crippen LogP contribution in [-0.2, 0) is 16.5 Å². The Bertz CT molecular complexity index is 788. The highest BCUT2D eigenvalue weighted by molar-refractivity contribution is 7.87. The van der Waals surface area contributed by atoms with Gasteiger partial charge in [-0.3, -0.25) is 0 Å². The van der Waals surface area contributed by atoms with Gasteiger partial charge in [-0.2, -0.15) is 8.42 Å². The summed E-state index contributed by atoms with van der Waals surface area (Å²) in [5.41, 5.74) is 0.847. The number of aryl methyl sites for hydroxylation is 1. The number of ether oxygens (including phenoxy) is 1. The van der Waals surface area contributed by atoms with Crippen molar-refractivity contribution in [2.24, 2.45) is 0 Å². The second kappa shape index (κ2) is 6.77. The number of halogens is 2. The summed E-state index contributed by atoms with van der Waals surface area (Å²) in [7, 11) is -2.70. The summed E-state index contributed by atoms with van der Waals surface area (Å²) in [4.78, 5) is -0.0506. The summed E-state index contributed by atoms with van der Waals surface area (Å²) in [5, 5.41) is 0.475. The highest BCUT2D eigenvalue weighted by atomic mass is 35.5. The summed E-state index contributed by atoms with van der Waals surface area (Å²) >= 11 is 11.8. The van der Waals surface area contributed by atoms with Crippen LogP contribution in [0.5, 0.6) is 11.5 Å². The molecule has 0 saturated heterocycles. The van der Waals surface area contributed by atoms with Gasteiger partial charge in [0.2, 0.25) is 0 Å². The van der Waals surface area contributed by atoms with Gasteiger partial charge in [0.25, 0.3) is 0 Å². The van der Waals surface area contributed by atoms with Gasteiger partial charge in [-0.1, -0.05) is 36.2 Å². The number of methoxy groups -OCH3 is 1. The first-order valence-corrected chi connectivity index (χ1v) is 8.60. The van der Waals surface area contributed by atoms with Crippen LogP contribution in [0.25, 0.3) is 0 Å². The van der Waals surface area contributed by atoms with E-state index >= 15 is 0 Å². The van der Waals surface area contributed by atoms with Crippen molar-refractivity contribution in [1.82, 2.24) is 0 Å². The normalized spacial score (nSPS) is 11.3. The van der Waals surface area contributed by atoms with Crippen molar-refractivity contribution >= 4 is 33.3 Å². The standard InChI is InChI=1S/C15H14Cl2O4S/c1-3-10-4-7-13(20-2)15(8-10)22(18,19)21-14-9-11(16)5-6-12(14)17/h4-9H,3H2,1-2H3. The molecule has 0 unspecified atom stereocenters. The van der Waals surface area contributed by atoms with Crippen molar-refractivity contribution in [1.29, 1.82) is 0 Å². The molecule has 7 heteroatoms. The highest BCUT2D eigenvalue weighted by Crippen LogP contribution is 2.33. The Hall–Kier alpha value is -1.43. The highest BCUT2D eigenvalue weighted by Gasteiger charge is 2.23. The van der Waals surface area contributed by atoms with Crippen LogP contribution in [0.4, 0.5) is 0 Å². The molecule has 0 N–H and O–H groups in total. The molecule has 2 aromatic rings. The first-order chi connectivity index (χ1) is 10.4. The summed E-state index contributed by atoms with van der Waals surface area (Å²) in [5.74, 6) is 0.175. The summed E-state index contributed by atoms with van der Waals surface area (Å²) in [6, 6.07) is 9.26. The third kappa shape index (κ3) is 3.66. The molecule has 0 radical (unpaired) electrons. The van der Waals surface area contributed by atoms with E-state index in [0.29, 0.717) is 11.4 Å². The Balaban J connectivity index is 2.48. The zero-order valence-electron chi connectivity index (χ0n) is 12.0. The quantitative estimate of drug-likeness (QED) is 0.744. The maximum Gasteiger partial charge on any atom is 0.342 e. The number of benzene rings is 2. The monoisotopic (exact) mass is 360 g/mol. The SMILES string of the molecule is CCc1ccc(OC)c(S(=O)(=O)Oc2cc(Cl)ccc2Cl)c1. The molecular weight excluding hydrogens is 347 g/mol. The van der Waals surface area contributed by atoms with Crippen molar-refractivity contribution in [3.8, 4) is 11.5 Å². The van der Waals surface area contributed by atoms with Crippen LogP contribution in [0.15, 0.2) is 41.3 Å². The third-order valence-electron chi connectivity index (χ3n) is 3.00. The fourth-order valence-corrected chi connectivity index (χ4v) is 3.36. The van der Waals surface area contributed by atoms with Crippen molar-refractivity contribution in [2.75, 3.05) is 7.11 Å². The topological polar surface area (TPSA) is 52.6 Å². The minimum atomic E-state index is -4.10. The van der Waals surface area contributed by atoms with E-state index in [2.05, 4.69) is 0 Å². The lowest BCUT2D eigenvalue weighted by atomic mass is 10.2. The summed E-state index contributed by atoms with van der Waals surface area (Å²) in [6.45, 7) is 1.92. The molecular formula is C15H14Cl2O4S. The molecule has 0 bridgehead atoms. The predicted octanol–water partition coefficient (Wildman–Crippen LogP) is 4.33. The fourth-order valence-electron chi connectivity index (χ4n) is 1.84. The van der Waals surface area contributed by atoms with Gasteiger partial charge in [0, 0.05) is 11.1 Å². The molecule has 0 fully saturated rings. The minimum Gasteiger partial charge on any atom is -0.495 e. The smallest absolute Gasteiger partial charge is 0.342 e. The number of rotatable bonds is 5. The second-order valence-electron chi connectivity index (χ2n) is 4.45. The van der Waals surface area contributed by atoms with Crippen molar-refractivity contribution in [2.45, 2.75) is 18.2 Å². The Morgan fingerprint density at radius 3 is 2.41 bits per heavy atom. The van der Waals surface area contributed by atoms with Crippen molar-refractivity contribution in [3.05, 3.63) is 52.0 Å². The molecule has 0 spiro atoms. The first-order valence-electron chi connectivity index (χ1n) is 6.44. The predicted molar refractivity (Wildman–Crippen MR) is 86.6 cm³/mol. The van der Waals surface area contributed by atoms with Crippen LogP contribution in [0.2, 0.25) is 10.0 Å². The molecule has 2 aromatic carbocycles. The van der Waals surface area contributed by atoms with Crippen LogP contribution in [0.3, 0.4) is 0 Å². The van der Waals surface area contributed by atoms with E-state index in [1.165, 1.54) is 25.3 Å². The van der Waals surface area contributed by atoms with E-state index in [1.807, 2.05) is 6.92 Å². The molecule has 0 aliphatic heterocycles. The maximum absolute atomic E-state index is 12.5. The average Bonchev–Trinajstić information content (AvgIpc) is 2.50. The largest absolute Gasteiger partial charge is 0.495 e. The molecule has 4 nitrogen and oxygen atoms in total. The van der Waals surface area contributed by atoms with Gasteiger partial charge < -0.3 is 8.92 Å². The van der Waals surface area contributed by atoms with Gasteiger partial charge in [-0.05, 0) is 36.2 Å². The van der Waals surface area contributed by atoms with Crippen LogP contribution < -0.4 is 8.92 Å². The Labute approximate surface area is 139 Å². The summed E-state index contributed by atoms with van der Waals surface area (Å²) in [6.07, 6.45) is 0.685. The lowest BCUT2D eigenvalue weighted by molar-refractivity contribution is 0.398. The lowest BCUT2D eigenvalue weighted by Crippen LogP contribution is -2.12. The van der Waals surface area contributed by atoms with E-state index < -0.39 is 10.1 Å². The molecule has 2 rings (SSSR count). The van der Waals surface area contributed by atoms with Crippen molar-refractivity contribution in [3.63, 3.8) is 0 Å². The molecule has 0 aliphatic rings. The van der Waals surface area contributed by atoms with E-state index in [1.54, 1.807) is 18.2 Å². The molecule has 0 saturated carbocycles. The van der Waals surface area contributed by atoms with Gasteiger partial charge in [0.1, 0.15) is 10.6 Å². The van der Waals surface area contributed by atoms with Crippen LogP contribution >= 0.6 is 23.2 Å². The van der Waals surface area contributed by atoms with E-state index in [0.717, 1.165) is 5.56 Å². The lowest BCUT2D eigenvalue weighted by Gasteiger charge is -2.12. The first kappa shape index (κ1) is 16.9. The van der Waals surface area contributed by atoms with Crippen molar-refractivity contribution < 1.29 is 17.3 Å². The molecule has 118 valence electrons. The summed E-state index contributed by atoms with van der Waals surface area (Å²) < 4.78 is 35.2. The third-order valence-corrected chi connectivity index (χ3v) is 4.80. The zero-order chi connectivity index (χ0) is 16.3. The van der Waals surface area contributed by atoms with E-state index in [4.69, 9.17) is 32.1 Å². The molecule has 0 aliphatic carbocycles. The average molecular weight is 361 g/mol. The number of hydrogen-bond acceptors (Lipinski definition) is 4. The Morgan fingerprint density at radius 2 is 1.77 bits per heavy atom. The van der Waals surface area contributed by atoms with Gasteiger partial charge in [-0.25, -0.2) is 0 Å². The molecule has 22 heavy (non-hydrogen) atoms. The Kier molecular flexibility index (Phi) is 5.21. The van der Waals surface area contributed by atoms with E-state index in [9.17, 15) is 8.42 Å². The Morgan fingerprint density at radius 1 is 1.05 bits per heavy atom. The maximum atomic E-state index is 12.5. The second-order valence-corrected chi connectivity index (χ2v) is 6.81. The minimum absolute atomic E-state index is 0.0295. The van der Waals surface area contributed by atoms with Crippen LogP contribution in [0.1, 0.15) is 12.5 Å². The molecule has 0 atom stereocenters. The van der Waals surface area contributed by atoms with Gasteiger partial charge in [0.05, 0.1) is 12.1 Å². The van der Waals surface area contributed by atoms with Gasteiger partial charge >= 0.3 is 10.1 Å². The van der Waals surface area contributed by atoms with Crippen LogP contribution in [0, 0.1) is 0 Å². The van der Waals surface area contributed by atoms with Gasteiger partial charge in [-0.15, -0.1) is 0 Å². The molecule has 0 amide bonds.